The molecule has 72 valence electrons. The van der Waals surface area contributed by atoms with E-state index in [4.69, 9.17) is 5.11 Å². The third-order valence-corrected chi connectivity index (χ3v) is 1.40. The van der Waals surface area contributed by atoms with Gasteiger partial charge in [-0.2, -0.15) is 0 Å². The molecule has 0 unspecified atom stereocenters. The van der Waals surface area contributed by atoms with E-state index < -0.39 is 11.6 Å². The molecule has 0 radical (unpaired) electrons. The molecule has 2 nitrogen and oxygen atoms in total. The lowest BCUT2D eigenvalue weighted by atomic mass is 10.1. The van der Waals surface area contributed by atoms with Crippen LogP contribution in [-0.4, -0.2) is 18.5 Å². The Morgan fingerprint density at radius 2 is 1.77 bits per heavy atom. The van der Waals surface area contributed by atoms with E-state index in [-0.39, 0.29) is 11.1 Å². The summed E-state index contributed by atoms with van der Waals surface area (Å²) in [5.41, 5.74) is 0.164. The molecule has 1 rings (SSSR count). The number of rotatable bonds is 1. The second-order valence-electron chi connectivity index (χ2n) is 2.24. The highest BCUT2D eigenvalue weighted by atomic mass is 19.1. The van der Waals surface area contributed by atoms with Gasteiger partial charge in [-0.1, -0.05) is 0 Å². The van der Waals surface area contributed by atoms with Crippen molar-refractivity contribution in [2.24, 2.45) is 0 Å². The molecule has 0 aliphatic rings. The van der Waals surface area contributed by atoms with Crippen LogP contribution >= 0.6 is 0 Å². The first-order valence-electron chi connectivity index (χ1n) is 3.50. The first-order chi connectivity index (χ1) is 6.15. The van der Waals surface area contributed by atoms with Gasteiger partial charge < -0.3 is 5.11 Å². The van der Waals surface area contributed by atoms with Gasteiger partial charge in [-0.25, -0.2) is 8.78 Å². The molecule has 0 saturated heterocycles. The predicted molar refractivity (Wildman–Crippen MR) is 44.6 cm³/mol. The molecule has 0 aliphatic heterocycles. The van der Waals surface area contributed by atoms with Gasteiger partial charge in [-0.3, -0.25) is 4.79 Å². The van der Waals surface area contributed by atoms with Crippen molar-refractivity contribution < 1.29 is 18.7 Å². The number of hydrogen-bond acceptors (Lipinski definition) is 2. The fourth-order valence-electron chi connectivity index (χ4n) is 0.770. The van der Waals surface area contributed by atoms with Crippen molar-refractivity contribution in [1.82, 2.24) is 0 Å². The van der Waals surface area contributed by atoms with Crippen molar-refractivity contribution in [3.63, 3.8) is 0 Å². The van der Waals surface area contributed by atoms with Gasteiger partial charge in [0, 0.05) is 13.2 Å². The minimum atomic E-state index is -0.817. The molecule has 0 aliphatic carbocycles. The van der Waals surface area contributed by atoms with E-state index >= 15 is 0 Å². The summed E-state index contributed by atoms with van der Waals surface area (Å²) in [7, 11) is 1.00. The van der Waals surface area contributed by atoms with E-state index in [1.807, 2.05) is 0 Å². The molecule has 1 aromatic carbocycles. The minimum Gasteiger partial charge on any atom is -0.400 e. The summed E-state index contributed by atoms with van der Waals surface area (Å²) in [6.45, 7) is 1.47. The van der Waals surface area contributed by atoms with E-state index in [0.29, 0.717) is 12.4 Å². The lowest BCUT2D eigenvalue weighted by Gasteiger charge is -1.97. The molecule has 0 atom stereocenters. The van der Waals surface area contributed by atoms with Gasteiger partial charge in [0.15, 0.2) is 6.29 Å². The number of benzene rings is 1. The zero-order valence-corrected chi connectivity index (χ0v) is 7.34. The van der Waals surface area contributed by atoms with E-state index in [1.54, 1.807) is 0 Å². The van der Waals surface area contributed by atoms with Crippen LogP contribution in [0.15, 0.2) is 12.1 Å². The second kappa shape index (κ2) is 5.37. The molecular weight excluding hydrogens is 178 g/mol. The summed E-state index contributed by atoms with van der Waals surface area (Å²) in [5, 5.41) is 7.00. The molecular formula is C9H10F2O2. The van der Waals surface area contributed by atoms with E-state index in [0.717, 1.165) is 7.11 Å². The second-order valence-corrected chi connectivity index (χ2v) is 2.24. The van der Waals surface area contributed by atoms with E-state index in [2.05, 4.69) is 0 Å². The number of aliphatic hydroxyl groups is 1. The highest BCUT2D eigenvalue weighted by Gasteiger charge is 2.04. The van der Waals surface area contributed by atoms with Gasteiger partial charge in [0.1, 0.15) is 11.6 Å². The zero-order valence-electron chi connectivity index (χ0n) is 7.34. The molecule has 0 heterocycles. The highest BCUT2D eigenvalue weighted by Crippen LogP contribution is 2.11. The molecule has 0 fully saturated rings. The molecule has 0 spiro atoms. The number of hydrogen-bond donors (Lipinski definition) is 1. The maximum Gasteiger partial charge on any atom is 0.153 e. The molecule has 1 N–H and O–H groups in total. The van der Waals surface area contributed by atoms with Crippen molar-refractivity contribution in [2.45, 2.75) is 6.92 Å². The molecule has 0 saturated carbocycles. The van der Waals surface area contributed by atoms with Crippen LogP contribution in [0.1, 0.15) is 15.9 Å². The number of halogens is 2. The third kappa shape index (κ3) is 2.91. The quantitative estimate of drug-likeness (QED) is 0.681. The minimum absolute atomic E-state index is 0.107. The maximum atomic E-state index is 12.6. The van der Waals surface area contributed by atoms with Crippen LogP contribution in [0.2, 0.25) is 0 Å². The Balaban J connectivity index is 0.000000671. The Kier molecular flexibility index (Phi) is 4.84. The monoisotopic (exact) mass is 188 g/mol. The predicted octanol–water partition coefficient (Wildman–Crippen LogP) is 1.69. The topological polar surface area (TPSA) is 37.3 Å². The smallest absolute Gasteiger partial charge is 0.153 e. The Morgan fingerprint density at radius 3 is 2.23 bits per heavy atom. The van der Waals surface area contributed by atoms with E-state index in [9.17, 15) is 13.6 Å². The van der Waals surface area contributed by atoms with Gasteiger partial charge in [0.05, 0.1) is 5.56 Å². The van der Waals surface area contributed by atoms with E-state index in [1.165, 1.54) is 13.0 Å². The van der Waals surface area contributed by atoms with Crippen LogP contribution in [0.5, 0.6) is 0 Å². The molecule has 0 bridgehead atoms. The normalized spacial score (nSPS) is 8.69. The first kappa shape index (κ1) is 11.7. The summed E-state index contributed by atoms with van der Waals surface area (Å²) in [6, 6.07) is 1.89. The van der Waals surface area contributed by atoms with Crippen molar-refractivity contribution in [1.29, 1.82) is 0 Å². The van der Waals surface area contributed by atoms with Crippen LogP contribution in [0.25, 0.3) is 0 Å². The fraction of sp³-hybridized carbons (Fsp3) is 0.222. The average molecular weight is 188 g/mol. The van der Waals surface area contributed by atoms with Gasteiger partial charge in [-0.05, 0) is 18.6 Å². The van der Waals surface area contributed by atoms with Gasteiger partial charge >= 0.3 is 0 Å². The Bertz CT molecular complexity index is 298. The van der Waals surface area contributed by atoms with Crippen molar-refractivity contribution in [2.75, 3.05) is 7.11 Å². The largest absolute Gasteiger partial charge is 0.400 e. The summed E-state index contributed by atoms with van der Waals surface area (Å²) in [5.74, 6) is -1.45. The summed E-state index contributed by atoms with van der Waals surface area (Å²) in [6.07, 6.45) is 0.363. The standard InChI is InChI=1S/C8H6F2O.CH4O/c1-5-2-6(4-11)8(10)3-7(5)9;1-2/h2-4H,1H3;2H,1H3. The summed E-state index contributed by atoms with van der Waals surface area (Å²) in [4.78, 5) is 10.1. The Labute approximate surface area is 74.8 Å². The molecule has 0 aromatic heterocycles. The first-order valence-corrected chi connectivity index (χ1v) is 3.50. The fourth-order valence-corrected chi connectivity index (χ4v) is 0.770. The van der Waals surface area contributed by atoms with Gasteiger partial charge in [0.2, 0.25) is 0 Å². The maximum absolute atomic E-state index is 12.6. The average Bonchev–Trinajstić information content (AvgIpc) is 2.15. The summed E-state index contributed by atoms with van der Waals surface area (Å²) >= 11 is 0. The molecule has 13 heavy (non-hydrogen) atoms. The number of carbonyl (C=O) groups excluding carboxylic acids is 1. The number of aliphatic hydroxyl groups excluding tert-OH is 1. The van der Waals surface area contributed by atoms with Crippen LogP contribution in [0.3, 0.4) is 0 Å². The Hall–Kier alpha value is -1.29. The van der Waals surface area contributed by atoms with Gasteiger partial charge in [-0.15, -0.1) is 0 Å². The van der Waals surface area contributed by atoms with Gasteiger partial charge in [0.25, 0.3) is 0 Å². The lowest BCUT2D eigenvalue weighted by Crippen LogP contribution is -1.92. The van der Waals surface area contributed by atoms with Crippen LogP contribution in [0, 0.1) is 18.6 Å². The van der Waals surface area contributed by atoms with Crippen molar-refractivity contribution in [3.8, 4) is 0 Å². The Morgan fingerprint density at radius 1 is 1.23 bits per heavy atom. The summed E-state index contributed by atoms with van der Waals surface area (Å²) < 4.78 is 25.1. The van der Waals surface area contributed by atoms with Crippen LogP contribution < -0.4 is 0 Å². The van der Waals surface area contributed by atoms with Crippen LogP contribution in [0.4, 0.5) is 8.78 Å². The van der Waals surface area contributed by atoms with Crippen molar-refractivity contribution >= 4 is 6.29 Å². The number of aryl methyl sites for hydroxylation is 1. The molecule has 1 aromatic rings. The number of aldehydes is 1. The highest BCUT2D eigenvalue weighted by molar-refractivity contribution is 5.75. The third-order valence-electron chi connectivity index (χ3n) is 1.40. The zero-order chi connectivity index (χ0) is 10.4. The number of carbonyl (C=O) groups is 1. The molecule has 0 amide bonds. The molecule has 4 heteroatoms. The lowest BCUT2D eigenvalue weighted by molar-refractivity contribution is 0.111. The van der Waals surface area contributed by atoms with Crippen molar-refractivity contribution in [3.05, 3.63) is 34.9 Å². The SMILES string of the molecule is CO.Cc1cc(C=O)c(F)cc1F. The van der Waals surface area contributed by atoms with Crippen LogP contribution in [-0.2, 0) is 0 Å².